The Morgan fingerprint density at radius 1 is 1.08 bits per heavy atom. The Kier molecular flexibility index (Phi) is 12.1. The highest BCUT2D eigenvalue weighted by atomic mass is 16.5. The zero-order chi connectivity index (χ0) is 26.5. The smallest absolute Gasteiger partial charge is 0.309 e. The predicted octanol–water partition coefficient (Wildman–Crippen LogP) is 4.09. The van der Waals surface area contributed by atoms with E-state index in [0.717, 1.165) is 24.8 Å². The van der Waals surface area contributed by atoms with Crippen LogP contribution < -0.4 is 10.6 Å². The second-order valence-corrected chi connectivity index (χ2v) is 10.8. The molecule has 1 aliphatic heterocycles. The van der Waals surface area contributed by atoms with Gasteiger partial charge in [-0.2, -0.15) is 0 Å². The number of allylic oxidation sites excluding steroid dienone is 2. The summed E-state index contributed by atoms with van der Waals surface area (Å²) in [6.45, 7) is 1.73. The van der Waals surface area contributed by atoms with Crippen molar-refractivity contribution >= 4 is 17.8 Å². The second-order valence-electron chi connectivity index (χ2n) is 10.8. The zero-order valence-corrected chi connectivity index (χ0v) is 22.2. The molecule has 0 spiro atoms. The van der Waals surface area contributed by atoms with Gasteiger partial charge in [0.2, 0.25) is 11.8 Å². The van der Waals surface area contributed by atoms with Gasteiger partial charge in [0.15, 0.2) is 0 Å². The van der Waals surface area contributed by atoms with Crippen molar-refractivity contribution in [1.82, 2.24) is 10.6 Å². The normalized spacial score (nSPS) is 25.1. The lowest BCUT2D eigenvalue weighted by atomic mass is 9.84. The van der Waals surface area contributed by atoms with Crippen molar-refractivity contribution in [2.24, 2.45) is 17.8 Å². The van der Waals surface area contributed by atoms with Gasteiger partial charge in [-0.15, -0.1) is 0 Å². The first-order valence-corrected chi connectivity index (χ1v) is 14.0. The third kappa shape index (κ3) is 10.3. The summed E-state index contributed by atoms with van der Waals surface area (Å²) in [4.78, 5) is 39.0. The largest absolute Gasteiger partial charge is 0.463 e. The van der Waals surface area contributed by atoms with Crippen molar-refractivity contribution in [3.63, 3.8) is 0 Å². The minimum absolute atomic E-state index is 0.0487. The second kappa shape index (κ2) is 15.6. The molecule has 4 unspecified atom stereocenters. The van der Waals surface area contributed by atoms with E-state index in [-0.39, 0.29) is 55.4 Å². The molecule has 37 heavy (non-hydrogen) atoms. The summed E-state index contributed by atoms with van der Waals surface area (Å²) in [5.41, 5.74) is 1.10. The lowest BCUT2D eigenvalue weighted by Crippen LogP contribution is -2.45. The number of carbonyl (C=O) groups excluding carboxylic acids is 3. The van der Waals surface area contributed by atoms with Crippen molar-refractivity contribution in [2.75, 3.05) is 13.2 Å². The first-order valence-electron chi connectivity index (χ1n) is 14.0. The van der Waals surface area contributed by atoms with Crippen molar-refractivity contribution in [1.29, 1.82) is 0 Å². The molecule has 0 radical (unpaired) electrons. The zero-order valence-electron chi connectivity index (χ0n) is 22.2. The van der Waals surface area contributed by atoms with Gasteiger partial charge >= 0.3 is 5.97 Å². The molecule has 7 nitrogen and oxygen atoms in total. The van der Waals surface area contributed by atoms with E-state index in [1.165, 1.54) is 19.3 Å². The fourth-order valence-corrected chi connectivity index (χ4v) is 5.38. The van der Waals surface area contributed by atoms with Crippen LogP contribution in [0, 0.1) is 17.8 Å². The van der Waals surface area contributed by atoms with E-state index in [1.54, 1.807) is 6.92 Å². The third-order valence-corrected chi connectivity index (χ3v) is 7.53. The number of hydrogen-bond acceptors (Lipinski definition) is 5. The molecule has 1 fully saturated rings. The van der Waals surface area contributed by atoms with Crippen LogP contribution >= 0.6 is 0 Å². The number of rotatable bonds is 8. The van der Waals surface area contributed by atoms with Gasteiger partial charge in [0.05, 0.1) is 24.5 Å². The Bertz CT molecular complexity index is 881. The van der Waals surface area contributed by atoms with Crippen molar-refractivity contribution in [3.8, 4) is 0 Å². The van der Waals surface area contributed by atoms with Gasteiger partial charge in [0.25, 0.3) is 0 Å². The topological polar surface area (TPSA) is 105 Å². The monoisotopic (exact) mass is 512 g/mol. The predicted molar refractivity (Wildman–Crippen MR) is 144 cm³/mol. The van der Waals surface area contributed by atoms with E-state index < -0.39 is 5.92 Å². The van der Waals surface area contributed by atoms with Gasteiger partial charge in [-0.1, -0.05) is 74.6 Å². The summed E-state index contributed by atoms with van der Waals surface area (Å²) < 4.78 is 5.84. The van der Waals surface area contributed by atoms with Crippen LogP contribution in [-0.2, 0) is 25.5 Å². The Balaban J connectivity index is 1.74. The van der Waals surface area contributed by atoms with Gasteiger partial charge in [-0.3, -0.25) is 14.4 Å². The molecule has 3 rings (SSSR count). The minimum Gasteiger partial charge on any atom is -0.463 e. The van der Waals surface area contributed by atoms with Crippen molar-refractivity contribution in [3.05, 3.63) is 48.0 Å². The van der Waals surface area contributed by atoms with Gasteiger partial charge in [0, 0.05) is 12.5 Å². The SMILES string of the molecule is CC(CO)NC(=O)CC1CC=CCCC(Cc2ccccc2)C(=O)OCC(CC2CCCCC2)NC1=O. The molecule has 2 amide bonds. The number of carbonyl (C=O) groups is 3. The molecule has 7 heteroatoms. The molecule has 0 aromatic heterocycles. The molecular formula is C30H44N2O5. The molecule has 1 heterocycles. The van der Waals surface area contributed by atoms with Crippen LogP contribution in [0.5, 0.6) is 0 Å². The Morgan fingerprint density at radius 2 is 1.84 bits per heavy atom. The number of amides is 2. The number of nitrogens with one attached hydrogen (secondary N) is 2. The highest BCUT2D eigenvalue weighted by Crippen LogP contribution is 2.28. The molecule has 3 N–H and O–H groups in total. The molecule has 0 bridgehead atoms. The lowest BCUT2D eigenvalue weighted by molar-refractivity contribution is -0.150. The Labute approximate surface area is 221 Å². The molecule has 1 aromatic carbocycles. The van der Waals surface area contributed by atoms with Gasteiger partial charge < -0.3 is 20.5 Å². The number of cyclic esters (lactones) is 1. The van der Waals surface area contributed by atoms with E-state index >= 15 is 0 Å². The summed E-state index contributed by atoms with van der Waals surface area (Å²) in [5, 5.41) is 15.1. The van der Waals surface area contributed by atoms with Gasteiger partial charge in [0.1, 0.15) is 6.61 Å². The fraction of sp³-hybridized carbons (Fsp3) is 0.633. The number of ether oxygens (including phenoxy) is 1. The summed E-state index contributed by atoms with van der Waals surface area (Å²) >= 11 is 0. The number of aliphatic hydroxyl groups is 1. The molecule has 1 aromatic rings. The van der Waals surface area contributed by atoms with E-state index in [4.69, 9.17) is 4.74 Å². The van der Waals surface area contributed by atoms with Crippen LogP contribution in [0.3, 0.4) is 0 Å². The quantitative estimate of drug-likeness (QED) is 0.360. The average molecular weight is 513 g/mol. The Hall–Kier alpha value is -2.67. The molecule has 4 atom stereocenters. The van der Waals surface area contributed by atoms with Gasteiger partial charge in [-0.05, 0) is 50.5 Å². The third-order valence-electron chi connectivity index (χ3n) is 7.53. The first-order chi connectivity index (χ1) is 17.9. The van der Waals surface area contributed by atoms with E-state index in [0.29, 0.717) is 31.6 Å². The molecule has 0 saturated heterocycles. The lowest BCUT2D eigenvalue weighted by Gasteiger charge is -2.28. The Morgan fingerprint density at radius 3 is 2.57 bits per heavy atom. The van der Waals surface area contributed by atoms with Crippen LogP contribution in [0.25, 0.3) is 0 Å². The molecular weight excluding hydrogens is 468 g/mol. The van der Waals surface area contributed by atoms with Crippen molar-refractivity contribution in [2.45, 2.75) is 89.6 Å². The maximum atomic E-state index is 13.3. The highest BCUT2D eigenvalue weighted by Gasteiger charge is 2.28. The fourth-order valence-electron chi connectivity index (χ4n) is 5.38. The van der Waals surface area contributed by atoms with Gasteiger partial charge in [-0.25, -0.2) is 0 Å². The van der Waals surface area contributed by atoms with Crippen LogP contribution in [-0.4, -0.2) is 48.2 Å². The maximum Gasteiger partial charge on any atom is 0.309 e. The summed E-state index contributed by atoms with van der Waals surface area (Å²) in [5.74, 6) is -0.923. The number of aliphatic hydroxyl groups excluding tert-OH is 1. The standard InChI is InChI=1S/C30H44N2O5/c1-22(20-33)31-28(34)19-25-15-9-4-10-16-26(17-23-11-5-2-6-12-23)30(36)37-21-27(32-29(25)35)18-24-13-7-3-8-14-24/h2,4-6,9,11-12,22,24-27,33H,3,7-8,10,13-21H2,1H3,(H,31,34)(H,32,35). The van der Waals surface area contributed by atoms with Crippen LogP contribution in [0.4, 0.5) is 0 Å². The average Bonchev–Trinajstić information content (AvgIpc) is 2.91. The summed E-state index contributed by atoms with van der Waals surface area (Å²) in [7, 11) is 0. The van der Waals surface area contributed by atoms with Crippen molar-refractivity contribution < 1.29 is 24.2 Å². The molecule has 1 aliphatic carbocycles. The number of benzene rings is 1. The number of esters is 1. The minimum atomic E-state index is -0.521. The maximum absolute atomic E-state index is 13.3. The summed E-state index contributed by atoms with van der Waals surface area (Å²) in [6.07, 6.45) is 13.1. The highest BCUT2D eigenvalue weighted by molar-refractivity contribution is 5.86. The summed E-state index contributed by atoms with van der Waals surface area (Å²) in [6, 6.07) is 9.35. The van der Waals surface area contributed by atoms with Crippen LogP contribution in [0.1, 0.15) is 76.7 Å². The molecule has 1 saturated carbocycles. The van der Waals surface area contributed by atoms with Crippen LogP contribution in [0.15, 0.2) is 42.5 Å². The molecule has 204 valence electrons. The van der Waals surface area contributed by atoms with E-state index in [9.17, 15) is 19.5 Å². The van der Waals surface area contributed by atoms with Crippen LogP contribution in [0.2, 0.25) is 0 Å². The number of hydrogen-bond donors (Lipinski definition) is 3. The van der Waals surface area contributed by atoms with E-state index in [1.807, 2.05) is 42.5 Å². The van der Waals surface area contributed by atoms with E-state index in [2.05, 4.69) is 10.6 Å². The first kappa shape index (κ1) is 28.9. The molecule has 2 aliphatic rings.